The molecule has 0 fully saturated rings. The minimum absolute atomic E-state index is 0.0666. The second-order valence-corrected chi connectivity index (χ2v) is 11.4. The lowest BCUT2D eigenvalue weighted by molar-refractivity contribution is -0.146. The molecule has 0 amide bonds. The molecular weight excluding hydrogens is 544 g/mol. The third kappa shape index (κ3) is 14.6. The molecule has 0 aliphatic heterocycles. The maximum absolute atomic E-state index is 11.5. The Balaban J connectivity index is 0.000000304. The molecule has 0 saturated heterocycles. The molecule has 39 heavy (non-hydrogen) atoms. The molecule has 0 saturated carbocycles. The van der Waals surface area contributed by atoms with E-state index >= 15 is 0 Å². The van der Waals surface area contributed by atoms with Crippen LogP contribution in [0.15, 0.2) is 88.7 Å². The quantitative estimate of drug-likeness (QED) is 0.165. The van der Waals surface area contributed by atoms with Crippen molar-refractivity contribution in [3.05, 3.63) is 95.6 Å². The average molecular weight is 581 g/mol. The molecule has 10 nitrogen and oxygen atoms in total. The van der Waals surface area contributed by atoms with E-state index in [0.29, 0.717) is 13.0 Å². The number of ether oxygens (including phenoxy) is 1. The van der Waals surface area contributed by atoms with Gasteiger partial charge in [0.15, 0.2) is 0 Å². The van der Waals surface area contributed by atoms with Gasteiger partial charge in [-0.25, -0.2) is 0 Å². The highest BCUT2D eigenvalue weighted by molar-refractivity contribution is 7.86. The van der Waals surface area contributed by atoms with Crippen LogP contribution in [0.1, 0.15) is 36.0 Å². The molecule has 0 aliphatic rings. The lowest BCUT2D eigenvalue weighted by Crippen LogP contribution is -2.32. The van der Waals surface area contributed by atoms with Crippen LogP contribution in [0.25, 0.3) is 0 Å². The van der Waals surface area contributed by atoms with Crippen molar-refractivity contribution in [2.45, 2.75) is 55.5 Å². The molecule has 0 aliphatic carbocycles. The monoisotopic (exact) mass is 580 g/mol. The SMILES string of the molecule is Cc1ccc(S(=O)(=O)O)cc1.Cc1ccc(S(=O)(=O)O)cc1.NCCCC[C@@H](N)C(=O)OCc1ccccc1. The Morgan fingerprint density at radius 2 is 1.21 bits per heavy atom. The summed E-state index contributed by atoms with van der Waals surface area (Å²) in [7, 11) is -8.04. The van der Waals surface area contributed by atoms with Crippen LogP contribution in [0, 0.1) is 13.8 Å². The lowest BCUT2D eigenvalue weighted by atomic mass is 10.1. The number of rotatable bonds is 9. The molecule has 0 bridgehead atoms. The van der Waals surface area contributed by atoms with Gasteiger partial charge in [0.2, 0.25) is 0 Å². The van der Waals surface area contributed by atoms with Crippen LogP contribution in [0.2, 0.25) is 0 Å². The fourth-order valence-electron chi connectivity index (χ4n) is 2.88. The lowest BCUT2D eigenvalue weighted by Gasteiger charge is -2.11. The maximum atomic E-state index is 11.5. The third-order valence-electron chi connectivity index (χ3n) is 5.13. The highest BCUT2D eigenvalue weighted by atomic mass is 32.2. The van der Waals surface area contributed by atoms with Gasteiger partial charge in [0, 0.05) is 0 Å². The zero-order valence-electron chi connectivity index (χ0n) is 21.9. The normalized spacial score (nSPS) is 11.7. The molecule has 6 N–H and O–H groups in total. The Bertz CT molecular complexity index is 1270. The van der Waals surface area contributed by atoms with Crippen molar-refractivity contribution in [3.63, 3.8) is 0 Å². The van der Waals surface area contributed by atoms with Crippen LogP contribution < -0.4 is 11.5 Å². The summed E-state index contributed by atoms with van der Waals surface area (Å²) in [5.74, 6) is -0.342. The number of nitrogens with two attached hydrogens (primary N) is 2. The van der Waals surface area contributed by atoms with E-state index in [4.69, 9.17) is 25.3 Å². The van der Waals surface area contributed by atoms with Gasteiger partial charge in [-0.1, -0.05) is 72.1 Å². The Kier molecular flexibility index (Phi) is 14.6. The first-order valence-corrected chi connectivity index (χ1v) is 14.9. The summed E-state index contributed by atoms with van der Waals surface area (Å²) in [4.78, 5) is 11.4. The Morgan fingerprint density at radius 1 is 0.769 bits per heavy atom. The van der Waals surface area contributed by atoms with Gasteiger partial charge in [-0.15, -0.1) is 0 Å². The maximum Gasteiger partial charge on any atom is 0.323 e. The van der Waals surface area contributed by atoms with E-state index in [9.17, 15) is 21.6 Å². The fourth-order valence-corrected chi connectivity index (χ4v) is 3.84. The van der Waals surface area contributed by atoms with Crippen molar-refractivity contribution in [2.24, 2.45) is 11.5 Å². The molecule has 1 atom stereocenters. The second kappa shape index (κ2) is 16.7. The summed E-state index contributed by atoms with van der Waals surface area (Å²) in [5.41, 5.74) is 14.0. The number of carbonyl (C=O) groups excluding carboxylic acids is 1. The van der Waals surface area contributed by atoms with E-state index in [2.05, 4.69) is 0 Å². The van der Waals surface area contributed by atoms with Crippen LogP contribution in [0.4, 0.5) is 0 Å². The number of hydrogen-bond acceptors (Lipinski definition) is 8. The molecule has 0 radical (unpaired) electrons. The smallest absolute Gasteiger partial charge is 0.323 e. The zero-order chi connectivity index (χ0) is 29.5. The van der Waals surface area contributed by atoms with Gasteiger partial charge in [0.05, 0.1) is 9.79 Å². The van der Waals surface area contributed by atoms with Crippen LogP contribution in [0.5, 0.6) is 0 Å². The zero-order valence-corrected chi connectivity index (χ0v) is 23.6. The van der Waals surface area contributed by atoms with Crippen molar-refractivity contribution < 1.29 is 35.5 Å². The molecule has 12 heteroatoms. The van der Waals surface area contributed by atoms with Gasteiger partial charge >= 0.3 is 5.97 Å². The van der Waals surface area contributed by atoms with Gasteiger partial charge in [0.25, 0.3) is 20.2 Å². The highest BCUT2D eigenvalue weighted by Crippen LogP contribution is 2.09. The summed E-state index contributed by atoms with van der Waals surface area (Å²) >= 11 is 0. The first-order chi connectivity index (χ1) is 18.2. The predicted octanol–water partition coefficient (Wildman–Crippen LogP) is 3.67. The van der Waals surface area contributed by atoms with Crippen molar-refractivity contribution in [1.29, 1.82) is 0 Å². The Labute approximate surface area is 230 Å². The summed E-state index contributed by atoms with van der Waals surface area (Å²) in [6.07, 6.45) is 2.38. The topological polar surface area (TPSA) is 187 Å². The van der Waals surface area contributed by atoms with E-state index in [1.807, 2.05) is 44.2 Å². The number of aryl methyl sites for hydroxylation is 2. The number of hydrogen-bond donors (Lipinski definition) is 4. The van der Waals surface area contributed by atoms with Crippen molar-refractivity contribution >= 4 is 26.2 Å². The van der Waals surface area contributed by atoms with Crippen LogP contribution >= 0.6 is 0 Å². The summed E-state index contributed by atoms with van der Waals surface area (Å²) in [6, 6.07) is 21.0. The van der Waals surface area contributed by atoms with Crippen molar-refractivity contribution in [2.75, 3.05) is 6.54 Å². The molecule has 214 valence electrons. The second-order valence-electron chi connectivity index (χ2n) is 8.56. The van der Waals surface area contributed by atoms with E-state index < -0.39 is 26.3 Å². The fraction of sp³-hybridized carbons (Fsp3) is 0.296. The van der Waals surface area contributed by atoms with Crippen molar-refractivity contribution in [1.82, 2.24) is 0 Å². The standard InChI is InChI=1S/C13H20N2O2.2C7H8O3S/c14-9-5-4-8-12(15)13(16)17-10-11-6-2-1-3-7-11;2*1-6-2-4-7(5-3-6)11(8,9)10/h1-3,6-7,12H,4-5,8-10,14-15H2;2*2-5H,1H3,(H,8,9,10)/t12-;;/m1../s1. The molecule has 0 heterocycles. The van der Waals surface area contributed by atoms with Crippen LogP contribution in [0.3, 0.4) is 0 Å². The molecule has 3 aromatic carbocycles. The number of unbranched alkanes of at least 4 members (excludes halogenated alkanes) is 1. The summed E-state index contributed by atoms with van der Waals surface area (Å²) < 4.78 is 64.2. The van der Waals surface area contributed by atoms with Crippen LogP contribution in [-0.4, -0.2) is 44.5 Å². The number of esters is 1. The largest absolute Gasteiger partial charge is 0.460 e. The van der Waals surface area contributed by atoms with E-state index in [1.54, 1.807) is 24.3 Å². The predicted molar refractivity (Wildman–Crippen MR) is 149 cm³/mol. The molecule has 0 aromatic heterocycles. The average Bonchev–Trinajstić information content (AvgIpc) is 2.88. The van der Waals surface area contributed by atoms with Crippen LogP contribution in [-0.2, 0) is 36.4 Å². The van der Waals surface area contributed by atoms with Gasteiger partial charge < -0.3 is 16.2 Å². The summed E-state index contributed by atoms with van der Waals surface area (Å²) in [5, 5.41) is 0. The van der Waals surface area contributed by atoms with Gasteiger partial charge in [-0.2, -0.15) is 16.8 Å². The summed E-state index contributed by atoms with van der Waals surface area (Å²) in [6.45, 7) is 4.59. The van der Waals surface area contributed by atoms with E-state index in [1.165, 1.54) is 24.3 Å². The third-order valence-corrected chi connectivity index (χ3v) is 6.87. The van der Waals surface area contributed by atoms with E-state index in [-0.39, 0.29) is 22.4 Å². The molecule has 3 aromatic rings. The van der Waals surface area contributed by atoms with Gasteiger partial charge in [-0.05, 0) is 63.1 Å². The highest BCUT2D eigenvalue weighted by Gasteiger charge is 2.14. The Hall–Kier alpha value is -3.13. The van der Waals surface area contributed by atoms with Gasteiger partial charge in [0.1, 0.15) is 12.6 Å². The minimum atomic E-state index is -4.02. The first kappa shape index (κ1) is 33.9. The number of carbonyl (C=O) groups is 1. The minimum Gasteiger partial charge on any atom is -0.460 e. The Morgan fingerprint density at radius 3 is 1.59 bits per heavy atom. The van der Waals surface area contributed by atoms with E-state index in [0.717, 1.165) is 29.5 Å². The van der Waals surface area contributed by atoms with Gasteiger partial charge in [-0.3, -0.25) is 13.9 Å². The number of benzene rings is 3. The first-order valence-electron chi connectivity index (χ1n) is 12.0. The molecule has 0 spiro atoms. The molecule has 3 rings (SSSR count). The van der Waals surface area contributed by atoms with Crippen molar-refractivity contribution in [3.8, 4) is 0 Å². The molecular formula is C27H36N2O8S2. The molecule has 0 unspecified atom stereocenters.